The van der Waals surface area contributed by atoms with Gasteiger partial charge in [-0.15, -0.1) is 0 Å². The first-order valence-corrected chi connectivity index (χ1v) is 9.72. The molecule has 0 atom stereocenters. The van der Waals surface area contributed by atoms with Crippen molar-refractivity contribution in [3.8, 4) is 0 Å². The predicted octanol–water partition coefficient (Wildman–Crippen LogP) is 2.49. The number of halogens is 4. The molecule has 1 aromatic carbocycles. The van der Waals surface area contributed by atoms with Crippen LogP contribution in [0.25, 0.3) is 0 Å². The number of aliphatic carboxylic acids is 1. The Morgan fingerprint density at radius 3 is 2.50 bits per heavy atom. The summed E-state index contributed by atoms with van der Waals surface area (Å²) in [7, 11) is 4.06. The van der Waals surface area contributed by atoms with Gasteiger partial charge < -0.3 is 24.8 Å². The van der Waals surface area contributed by atoms with E-state index in [0.29, 0.717) is 19.6 Å². The number of benzene rings is 1. The molecule has 8 nitrogen and oxygen atoms in total. The molecule has 2 aromatic rings. The molecule has 0 aliphatic carbocycles. The van der Waals surface area contributed by atoms with Gasteiger partial charge in [-0.25, -0.2) is 19.0 Å². The van der Waals surface area contributed by atoms with Gasteiger partial charge in [-0.2, -0.15) is 13.2 Å². The number of amides is 2. The van der Waals surface area contributed by atoms with E-state index in [0.717, 1.165) is 30.9 Å². The van der Waals surface area contributed by atoms with Crippen molar-refractivity contribution in [3.63, 3.8) is 0 Å². The van der Waals surface area contributed by atoms with E-state index in [2.05, 4.69) is 19.8 Å². The maximum absolute atomic E-state index is 13.2. The molecular weight excluding hydrogens is 434 g/mol. The van der Waals surface area contributed by atoms with Gasteiger partial charge in [0.25, 0.3) is 0 Å². The lowest BCUT2D eigenvalue weighted by molar-refractivity contribution is -0.192. The standard InChI is InChI=1S/C18H24FN5O.C2HF3O2/c1-22(2)13-16-12-20-17-6-7-23(8-9-24(16)17)18(25)21-11-14-4-3-5-15(19)10-14;3-2(4,5)1(6)7/h3-5,10,12H,6-9,11,13H2,1-2H3,(H,21,25);(H,6,7). The van der Waals surface area contributed by atoms with Gasteiger partial charge in [-0.05, 0) is 31.8 Å². The van der Waals surface area contributed by atoms with Crippen LogP contribution in [0.5, 0.6) is 0 Å². The third-order valence-corrected chi connectivity index (χ3v) is 4.56. The van der Waals surface area contributed by atoms with Crippen molar-refractivity contribution >= 4 is 12.0 Å². The van der Waals surface area contributed by atoms with Crippen LogP contribution in [0.4, 0.5) is 22.4 Å². The fourth-order valence-electron chi connectivity index (χ4n) is 3.08. The average Bonchev–Trinajstić information content (AvgIpc) is 2.93. The summed E-state index contributed by atoms with van der Waals surface area (Å²) < 4.78 is 47.2. The highest BCUT2D eigenvalue weighted by Crippen LogP contribution is 2.14. The number of fused-ring (bicyclic) bond motifs is 1. The molecule has 2 heterocycles. The Morgan fingerprint density at radius 1 is 1.22 bits per heavy atom. The highest BCUT2D eigenvalue weighted by Gasteiger charge is 2.38. The molecule has 1 aliphatic heterocycles. The molecule has 0 radical (unpaired) electrons. The fourth-order valence-corrected chi connectivity index (χ4v) is 3.08. The van der Waals surface area contributed by atoms with Crippen molar-refractivity contribution in [2.24, 2.45) is 0 Å². The number of hydrogen-bond donors (Lipinski definition) is 2. The van der Waals surface area contributed by atoms with E-state index in [9.17, 15) is 22.4 Å². The van der Waals surface area contributed by atoms with Crippen molar-refractivity contribution in [2.45, 2.75) is 32.2 Å². The largest absolute Gasteiger partial charge is 0.490 e. The van der Waals surface area contributed by atoms with E-state index in [-0.39, 0.29) is 11.8 Å². The minimum atomic E-state index is -5.08. The maximum atomic E-state index is 13.2. The molecule has 2 amide bonds. The van der Waals surface area contributed by atoms with E-state index < -0.39 is 12.1 Å². The molecule has 0 unspecified atom stereocenters. The number of nitrogens with one attached hydrogen (secondary N) is 1. The number of rotatable bonds is 4. The summed E-state index contributed by atoms with van der Waals surface area (Å²) in [5.74, 6) is -2.02. The number of hydrogen-bond acceptors (Lipinski definition) is 4. The minimum Gasteiger partial charge on any atom is -0.475 e. The number of urea groups is 1. The summed E-state index contributed by atoms with van der Waals surface area (Å²) in [5.41, 5.74) is 1.92. The lowest BCUT2D eigenvalue weighted by atomic mass is 10.2. The van der Waals surface area contributed by atoms with Crippen molar-refractivity contribution in [1.82, 2.24) is 24.7 Å². The summed E-state index contributed by atoms with van der Waals surface area (Å²) in [6.45, 7) is 3.17. The molecule has 2 N–H and O–H groups in total. The van der Waals surface area contributed by atoms with E-state index in [1.807, 2.05) is 20.3 Å². The Labute approximate surface area is 182 Å². The Morgan fingerprint density at radius 2 is 1.91 bits per heavy atom. The second-order valence-corrected chi connectivity index (χ2v) is 7.38. The first-order valence-electron chi connectivity index (χ1n) is 9.72. The monoisotopic (exact) mass is 459 g/mol. The fraction of sp³-hybridized carbons (Fsp3) is 0.450. The topological polar surface area (TPSA) is 90.7 Å². The van der Waals surface area contributed by atoms with Gasteiger partial charge in [0.15, 0.2) is 0 Å². The van der Waals surface area contributed by atoms with E-state index in [1.165, 1.54) is 17.8 Å². The molecule has 0 spiro atoms. The number of carbonyl (C=O) groups excluding carboxylic acids is 1. The van der Waals surface area contributed by atoms with Crippen LogP contribution in [-0.2, 0) is 30.8 Å². The maximum Gasteiger partial charge on any atom is 0.490 e. The molecule has 0 saturated heterocycles. The van der Waals surface area contributed by atoms with Gasteiger partial charge in [0, 0.05) is 45.3 Å². The van der Waals surface area contributed by atoms with Gasteiger partial charge in [0.2, 0.25) is 0 Å². The van der Waals surface area contributed by atoms with Crippen LogP contribution in [0.15, 0.2) is 30.5 Å². The number of aromatic nitrogens is 2. The summed E-state index contributed by atoms with van der Waals surface area (Å²) >= 11 is 0. The quantitative estimate of drug-likeness (QED) is 0.686. The van der Waals surface area contributed by atoms with E-state index in [1.54, 1.807) is 17.0 Å². The number of imidazole rings is 1. The second-order valence-electron chi connectivity index (χ2n) is 7.38. The van der Waals surface area contributed by atoms with Gasteiger partial charge in [0.1, 0.15) is 11.6 Å². The molecule has 176 valence electrons. The summed E-state index contributed by atoms with van der Waals surface area (Å²) in [5, 5.41) is 10.00. The zero-order chi connectivity index (χ0) is 23.9. The molecule has 12 heteroatoms. The van der Waals surface area contributed by atoms with Crippen molar-refractivity contribution in [3.05, 3.63) is 53.4 Å². The molecule has 3 rings (SSSR count). The van der Waals surface area contributed by atoms with Gasteiger partial charge >= 0.3 is 18.2 Å². The Bertz CT molecular complexity index is 930. The minimum absolute atomic E-state index is 0.121. The number of alkyl halides is 3. The highest BCUT2D eigenvalue weighted by molar-refractivity contribution is 5.74. The third-order valence-electron chi connectivity index (χ3n) is 4.56. The smallest absolute Gasteiger partial charge is 0.475 e. The van der Waals surface area contributed by atoms with Gasteiger partial charge in [-0.1, -0.05) is 12.1 Å². The van der Waals surface area contributed by atoms with E-state index in [4.69, 9.17) is 9.90 Å². The van der Waals surface area contributed by atoms with Crippen LogP contribution in [-0.4, -0.2) is 69.8 Å². The molecule has 0 bridgehead atoms. The van der Waals surface area contributed by atoms with Crippen LogP contribution < -0.4 is 5.32 Å². The second kappa shape index (κ2) is 10.9. The van der Waals surface area contributed by atoms with Crippen LogP contribution in [0.3, 0.4) is 0 Å². The first-order chi connectivity index (χ1) is 15.0. The van der Waals surface area contributed by atoms with Crippen molar-refractivity contribution in [1.29, 1.82) is 0 Å². The summed E-state index contributed by atoms with van der Waals surface area (Å²) in [4.78, 5) is 29.7. The Balaban J connectivity index is 0.000000451. The van der Waals surface area contributed by atoms with Gasteiger partial charge in [-0.3, -0.25) is 0 Å². The Kier molecular flexibility index (Phi) is 8.58. The van der Waals surface area contributed by atoms with Gasteiger partial charge in [0.05, 0.1) is 5.69 Å². The van der Waals surface area contributed by atoms with Crippen LogP contribution in [0.2, 0.25) is 0 Å². The molecule has 1 aromatic heterocycles. The number of nitrogens with zero attached hydrogens (tertiary/aromatic N) is 4. The van der Waals surface area contributed by atoms with Crippen molar-refractivity contribution < 1.29 is 32.3 Å². The first kappa shape index (κ1) is 25.1. The predicted molar refractivity (Wildman–Crippen MR) is 107 cm³/mol. The lowest BCUT2D eigenvalue weighted by Crippen LogP contribution is -2.41. The number of carboxylic acids is 1. The molecule has 0 saturated carbocycles. The van der Waals surface area contributed by atoms with Crippen LogP contribution in [0.1, 0.15) is 17.1 Å². The van der Waals surface area contributed by atoms with Crippen LogP contribution >= 0.6 is 0 Å². The van der Waals surface area contributed by atoms with Crippen molar-refractivity contribution in [2.75, 3.05) is 27.2 Å². The lowest BCUT2D eigenvalue weighted by Gasteiger charge is -2.21. The normalized spacial score (nSPS) is 13.7. The zero-order valence-electron chi connectivity index (χ0n) is 17.7. The summed E-state index contributed by atoms with van der Waals surface area (Å²) in [6, 6.07) is 6.16. The molecule has 0 fully saturated rings. The summed E-state index contributed by atoms with van der Waals surface area (Å²) in [6.07, 6.45) is -2.42. The highest BCUT2D eigenvalue weighted by atomic mass is 19.4. The average molecular weight is 459 g/mol. The van der Waals surface area contributed by atoms with Crippen LogP contribution in [0, 0.1) is 5.82 Å². The van der Waals surface area contributed by atoms with E-state index >= 15 is 0 Å². The number of carbonyl (C=O) groups is 2. The Hall–Kier alpha value is -3.15. The number of carboxylic acid groups (broad SMARTS) is 1. The molecule has 1 aliphatic rings. The third kappa shape index (κ3) is 7.52. The molecule has 32 heavy (non-hydrogen) atoms. The zero-order valence-corrected chi connectivity index (χ0v) is 17.7. The SMILES string of the molecule is CN(C)Cc1cnc2n1CCN(C(=O)NCc1cccc(F)c1)CC2.O=C(O)C(F)(F)F. The molecular formula is C20H25F4N5O3.